The molecule has 0 amide bonds. The van der Waals surface area contributed by atoms with Crippen LogP contribution in [-0.2, 0) is 23.8 Å². The fraction of sp³-hybridized carbons (Fsp3) is 0.357. The highest BCUT2D eigenvalue weighted by atomic mass is 16.6. The van der Waals surface area contributed by atoms with Gasteiger partial charge in [0.1, 0.15) is 5.92 Å². The first-order valence-electron chi connectivity index (χ1n) is 5.93. The number of benzene rings is 1. The molecule has 0 fully saturated rings. The van der Waals surface area contributed by atoms with Crippen molar-refractivity contribution in [1.82, 2.24) is 0 Å². The van der Waals surface area contributed by atoms with E-state index in [4.69, 9.17) is 4.74 Å². The maximum absolute atomic E-state index is 11.9. The Morgan fingerprint density at radius 2 is 1.50 bits per heavy atom. The lowest BCUT2D eigenvalue weighted by Gasteiger charge is -2.20. The van der Waals surface area contributed by atoms with Gasteiger partial charge in [-0.05, 0) is 19.1 Å². The van der Waals surface area contributed by atoms with E-state index in [1.165, 1.54) is 14.0 Å². The molecule has 0 saturated carbocycles. The molecule has 1 aromatic rings. The van der Waals surface area contributed by atoms with Crippen molar-refractivity contribution >= 4 is 17.9 Å². The van der Waals surface area contributed by atoms with Crippen LogP contribution in [0.15, 0.2) is 30.3 Å². The number of hydrogen-bond acceptors (Lipinski definition) is 6. The summed E-state index contributed by atoms with van der Waals surface area (Å²) in [4.78, 5) is 35.0. The molecule has 0 spiro atoms. The Hall–Kier alpha value is -2.37. The monoisotopic (exact) mass is 280 g/mol. The molecule has 0 aromatic heterocycles. The second kappa shape index (κ2) is 7.28. The van der Waals surface area contributed by atoms with Gasteiger partial charge < -0.3 is 14.2 Å². The number of ether oxygens (including phenoxy) is 3. The van der Waals surface area contributed by atoms with Crippen LogP contribution in [0.3, 0.4) is 0 Å². The van der Waals surface area contributed by atoms with Crippen LogP contribution >= 0.6 is 0 Å². The van der Waals surface area contributed by atoms with Crippen molar-refractivity contribution < 1.29 is 28.6 Å². The molecule has 0 aliphatic heterocycles. The van der Waals surface area contributed by atoms with Crippen LogP contribution in [0.1, 0.15) is 17.3 Å². The Morgan fingerprint density at radius 3 is 2.00 bits per heavy atom. The summed E-state index contributed by atoms with van der Waals surface area (Å²) in [5.74, 6) is -3.15. The van der Waals surface area contributed by atoms with Crippen LogP contribution < -0.4 is 0 Å². The molecule has 0 saturated heterocycles. The Morgan fingerprint density at radius 1 is 0.950 bits per heavy atom. The van der Waals surface area contributed by atoms with Gasteiger partial charge in [-0.1, -0.05) is 18.2 Å². The molecule has 6 nitrogen and oxygen atoms in total. The quantitative estimate of drug-likeness (QED) is 0.595. The van der Waals surface area contributed by atoms with Crippen molar-refractivity contribution in [3.63, 3.8) is 0 Å². The second-order valence-electron chi connectivity index (χ2n) is 4.03. The predicted molar refractivity (Wildman–Crippen MR) is 68.8 cm³/mol. The molecule has 0 aliphatic carbocycles. The molecule has 20 heavy (non-hydrogen) atoms. The zero-order valence-corrected chi connectivity index (χ0v) is 11.5. The fourth-order valence-corrected chi connectivity index (χ4v) is 1.54. The second-order valence-corrected chi connectivity index (χ2v) is 4.03. The summed E-state index contributed by atoms with van der Waals surface area (Å²) in [5.41, 5.74) is 0.276. The van der Waals surface area contributed by atoms with Crippen molar-refractivity contribution in [2.75, 3.05) is 14.2 Å². The van der Waals surface area contributed by atoms with E-state index in [1.54, 1.807) is 30.3 Å². The van der Waals surface area contributed by atoms with E-state index < -0.39 is 29.9 Å². The fourth-order valence-electron chi connectivity index (χ4n) is 1.54. The molecule has 0 unspecified atom stereocenters. The maximum Gasteiger partial charge on any atom is 0.348 e. The average molecular weight is 280 g/mol. The molecule has 0 aliphatic rings. The smallest absolute Gasteiger partial charge is 0.348 e. The molecule has 1 rings (SSSR count). The summed E-state index contributed by atoms with van der Waals surface area (Å²) in [5, 5.41) is 0. The van der Waals surface area contributed by atoms with E-state index >= 15 is 0 Å². The molecule has 0 heterocycles. The van der Waals surface area contributed by atoms with Gasteiger partial charge in [-0.3, -0.25) is 4.79 Å². The van der Waals surface area contributed by atoms with Gasteiger partial charge in [-0.2, -0.15) is 0 Å². The van der Waals surface area contributed by atoms with E-state index in [-0.39, 0.29) is 5.56 Å². The van der Waals surface area contributed by atoms with Crippen LogP contribution in [0, 0.1) is 5.92 Å². The van der Waals surface area contributed by atoms with Crippen LogP contribution in [0.5, 0.6) is 0 Å². The topological polar surface area (TPSA) is 78.9 Å². The van der Waals surface area contributed by atoms with Gasteiger partial charge in [-0.15, -0.1) is 0 Å². The van der Waals surface area contributed by atoms with E-state index in [0.717, 1.165) is 7.11 Å². The van der Waals surface area contributed by atoms with Crippen LogP contribution in [0.4, 0.5) is 0 Å². The summed E-state index contributed by atoms with van der Waals surface area (Å²) in [6.07, 6.45) is -1.35. The van der Waals surface area contributed by atoms with Crippen molar-refractivity contribution in [1.29, 1.82) is 0 Å². The standard InChI is InChI=1S/C14H16O6/c1-9(12(15)18-2)11(14(17)19-3)20-13(16)10-7-5-4-6-8-10/h4-9,11H,1-3H3/t9-,11+/m1/s1. The van der Waals surface area contributed by atoms with Gasteiger partial charge in [0, 0.05) is 0 Å². The predicted octanol–water partition coefficient (Wildman–Crippen LogP) is 1.19. The zero-order chi connectivity index (χ0) is 15.1. The van der Waals surface area contributed by atoms with Crippen molar-refractivity contribution in [2.45, 2.75) is 13.0 Å². The SMILES string of the molecule is COC(=O)[C@@H](OC(=O)c1ccccc1)[C@@H](C)C(=O)OC. The number of esters is 3. The summed E-state index contributed by atoms with van der Waals surface area (Å²) < 4.78 is 14.1. The minimum Gasteiger partial charge on any atom is -0.469 e. The Bertz CT molecular complexity index is 482. The van der Waals surface area contributed by atoms with Crippen LogP contribution in [-0.4, -0.2) is 38.2 Å². The summed E-state index contributed by atoms with van der Waals surface area (Å²) in [7, 11) is 2.34. The highest BCUT2D eigenvalue weighted by Crippen LogP contribution is 2.14. The number of methoxy groups -OCH3 is 2. The van der Waals surface area contributed by atoms with Gasteiger partial charge in [0.2, 0.25) is 6.10 Å². The first kappa shape index (κ1) is 15.7. The zero-order valence-electron chi connectivity index (χ0n) is 11.5. The number of carbonyl (C=O) groups excluding carboxylic acids is 3. The molecular formula is C14H16O6. The number of carbonyl (C=O) groups is 3. The third-order valence-electron chi connectivity index (χ3n) is 2.70. The first-order valence-corrected chi connectivity index (χ1v) is 5.93. The molecule has 0 radical (unpaired) electrons. The van der Waals surface area contributed by atoms with Crippen molar-refractivity contribution in [3.8, 4) is 0 Å². The van der Waals surface area contributed by atoms with Crippen LogP contribution in [0.2, 0.25) is 0 Å². The first-order chi connectivity index (χ1) is 9.51. The highest BCUT2D eigenvalue weighted by Gasteiger charge is 2.35. The van der Waals surface area contributed by atoms with Gasteiger partial charge in [0.05, 0.1) is 19.8 Å². The van der Waals surface area contributed by atoms with Gasteiger partial charge in [0.15, 0.2) is 0 Å². The lowest BCUT2D eigenvalue weighted by Crippen LogP contribution is -2.38. The lowest BCUT2D eigenvalue weighted by atomic mass is 10.1. The number of hydrogen-bond donors (Lipinski definition) is 0. The Kier molecular flexibility index (Phi) is 5.71. The van der Waals surface area contributed by atoms with Crippen molar-refractivity contribution in [2.24, 2.45) is 5.92 Å². The normalized spacial score (nSPS) is 12.9. The Labute approximate surface area is 116 Å². The van der Waals surface area contributed by atoms with Gasteiger partial charge >= 0.3 is 17.9 Å². The minimum absolute atomic E-state index is 0.276. The number of rotatable bonds is 5. The molecule has 0 N–H and O–H groups in total. The highest BCUT2D eigenvalue weighted by molar-refractivity contribution is 5.92. The molecule has 108 valence electrons. The van der Waals surface area contributed by atoms with E-state index in [2.05, 4.69) is 9.47 Å². The minimum atomic E-state index is -1.35. The van der Waals surface area contributed by atoms with E-state index in [1.807, 2.05) is 0 Å². The van der Waals surface area contributed by atoms with Gasteiger partial charge in [0.25, 0.3) is 0 Å². The molecule has 0 bridgehead atoms. The van der Waals surface area contributed by atoms with Crippen molar-refractivity contribution in [3.05, 3.63) is 35.9 Å². The van der Waals surface area contributed by atoms with Gasteiger partial charge in [-0.25, -0.2) is 9.59 Å². The summed E-state index contributed by atoms with van der Waals surface area (Å²) >= 11 is 0. The average Bonchev–Trinajstić information content (AvgIpc) is 2.50. The van der Waals surface area contributed by atoms with E-state index in [0.29, 0.717) is 0 Å². The summed E-state index contributed by atoms with van der Waals surface area (Å²) in [6, 6.07) is 8.14. The molecule has 6 heteroatoms. The van der Waals surface area contributed by atoms with Crippen LogP contribution in [0.25, 0.3) is 0 Å². The molecule has 2 atom stereocenters. The molecular weight excluding hydrogens is 264 g/mol. The third kappa shape index (κ3) is 3.81. The largest absolute Gasteiger partial charge is 0.469 e. The molecule has 1 aromatic carbocycles. The third-order valence-corrected chi connectivity index (χ3v) is 2.70. The lowest BCUT2D eigenvalue weighted by molar-refractivity contribution is -0.162. The van der Waals surface area contributed by atoms with E-state index in [9.17, 15) is 14.4 Å². The Balaban J connectivity index is 2.88. The summed E-state index contributed by atoms with van der Waals surface area (Å²) in [6.45, 7) is 1.42. The maximum atomic E-state index is 11.9.